The van der Waals surface area contributed by atoms with Crippen molar-refractivity contribution in [1.82, 2.24) is 0 Å². The van der Waals surface area contributed by atoms with E-state index in [4.69, 9.17) is 5.11 Å². The van der Waals surface area contributed by atoms with Crippen molar-refractivity contribution in [2.75, 3.05) is 18.1 Å². The highest BCUT2D eigenvalue weighted by Crippen LogP contribution is 2.43. The van der Waals surface area contributed by atoms with Crippen LogP contribution in [0.25, 0.3) is 0 Å². The summed E-state index contributed by atoms with van der Waals surface area (Å²) in [6, 6.07) is 1.71. The van der Waals surface area contributed by atoms with E-state index in [0.717, 1.165) is 19.3 Å². The molecule has 1 aliphatic carbocycles. The minimum atomic E-state index is -0.713. The maximum absolute atomic E-state index is 11.1. The molecule has 0 aromatic carbocycles. The van der Waals surface area contributed by atoms with Gasteiger partial charge in [-0.15, -0.1) is 11.3 Å². The van der Waals surface area contributed by atoms with E-state index < -0.39 is 11.0 Å². The van der Waals surface area contributed by atoms with Gasteiger partial charge >= 0.3 is 5.69 Å². The Labute approximate surface area is 115 Å². The Balaban J connectivity index is 2.35. The molecule has 0 amide bonds. The summed E-state index contributed by atoms with van der Waals surface area (Å²) >= 11 is 1.24. The molecule has 106 valence electrons. The Hall–Kier alpha value is -1.18. The lowest BCUT2D eigenvalue weighted by molar-refractivity contribution is -0.383. The number of aliphatic hydroxyl groups is 2. The fourth-order valence-corrected chi connectivity index (χ4v) is 3.35. The number of nitro groups is 1. The van der Waals surface area contributed by atoms with E-state index in [1.807, 2.05) is 4.90 Å². The molecule has 1 fully saturated rings. The minimum Gasteiger partial charge on any atom is -0.395 e. The predicted octanol–water partition coefficient (Wildman–Crippen LogP) is 2.06. The highest BCUT2D eigenvalue weighted by Gasteiger charge is 2.32. The van der Waals surface area contributed by atoms with Gasteiger partial charge in [-0.3, -0.25) is 10.1 Å². The Morgan fingerprint density at radius 2 is 2.32 bits per heavy atom. The smallest absolute Gasteiger partial charge is 0.304 e. The highest BCUT2D eigenvalue weighted by molar-refractivity contribution is 7.16. The lowest BCUT2D eigenvalue weighted by Gasteiger charge is -2.37. The fourth-order valence-electron chi connectivity index (χ4n) is 2.19. The lowest BCUT2D eigenvalue weighted by atomic mass is 9.91. The number of hydrogen-bond donors (Lipinski definition) is 2. The quantitative estimate of drug-likeness (QED) is 0.617. The molecule has 0 unspecified atom stereocenters. The molecule has 1 saturated carbocycles. The highest BCUT2D eigenvalue weighted by atomic mass is 32.1. The molecule has 1 aromatic heterocycles. The van der Waals surface area contributed by atoms with Gasteiger partial charge in [0.05, 0.1) is 17.6 Å². The molecule has 1 aromatic rings. The first kappa shape index (κ1) is 14.2. The van der Waals surface area contributed by atoms with Crippen molar-refractivity contribution in [3.8, 4) is 0 Å². The van der Waals surface area contributed by atoms with Crippen LogP contribution in [0.15, 0.2) is 6.07 Å². The van der Waals surface area contributed by atoms with E-state index in [2.05, 4.69) is 0 Å². The van der Waals surface area contributed by atoms with Crippen LogP contribution in [0.1, 0.15) is 37.2 Å². The van der Waals surface area contributed by atoms with Crippen molar-refractivity contribution in [3.05, 3.63) is 21.1 Å². The van der Waals surface area contributed by atoms with Gasteiger partial charge in [-0.05, 0) is 26.2 Å². The summed E-state index contributed by atoms with van der Waals surface area (Å²) in [5, 5.41) is 30.4. The lowest BCUT2D eigenvalue weighted by Crippen LogP contribution is -2.41. The number of nitrogens with zero attached hydrogens (tertiary/aromatic N) is 2. The van der Waals surface area contributed by atoms with E-state index in [9.17, 15) is 15.2 Å². The van der Waals surface area contributed by atoms with Gasteiger partial charge in [-0.1, -0.05) is 0 Å². The van der Waals surface area contributed by atoms with Crippen molar-refractivity contribution in [2.45, 2.75) is 38.3 Å². The Morgan fingerprint density at radius 3 is 2.74 bits per heavy atom. The van der Waals surface area contributed by atoms with E-state index in [-0.39, 0.29) is 18.3 Å². The molecular formula is C12H18N2O4S. The van der Waals surface area contributed by atoms with Crippen molar-refractivity contribution in [2.24, 2.45) is 0 Å². The topological polar surface area (TPSA) is 86.8 Å². The second kappa shape index (κ2) is 5.85. The average molecular weight is 286 g/mol. The summed E-state index contributed by atoms with van der Waals surface area (Å²) in [4.78, 5) is 13.2. The van der Waals surface area contributed by atoms with Gasteiger partial charge in [0.15, 0.2) is 5.00 Å². The summed E-state index contributed by atoms with van der Waals surface area (Å²) in [6.07, 6.45) is 2.41. The van der Waals surface area contributed by atoms with Gasteiger partial charge in [0, 0.05) is 23.5 Å². The zero-order valence-corrected chi connectivity index (χ0v) is 11.6. The first-order valence-electron chi connectivity index (χ1n) is 6.38. The molecule has 6 nitrogen and oxygen atoms in total. The summed E-state index contributed by atoms with van der Waals surface area (Å²) in [7, 11) is 0. The number of anilines is 1. The first-order valence-corrected chi connectivity index (χ1v) is 7.20. The molecule has 2 rings (SSSR count). The summed E-state index contributed by atoms with van der Waals surface area (Å²) in [5.41, 5.74) is 0.0289. The summed E-state index contributed by atoms with van der Waals surface area (Å²) in [5.74, 6) is 0. The number of hydrogen-bond acceptors (Lipinski definition) is 6. The number of aliphatic hydroxyl groups excluding tert-OH is 2. The molecule has 0 aliphatic heterocycles. The van der Waals surface area contributed by atoms with Crippen molar-refractivity contribution < 1.29 is 15.1 Å². The molecule has 0 radical (unpaired) electrons. The largest absolute Gasteiger partial charge is 0.395 e. The fraction of sp³-hybridized carbons (Fsp3) is 0.667. The zero-order chi connectivity index (χ0) is 14.0. The first-order chi connectivity index (χ1) is 9.04. The maximum Gasteiger partial charge on any atom is 0.304 e. The Kier molecular flexibility index (Phi) is 4.38. The van der Waals surface area contributed by atoms with E-state index in [0.29, 0.717) is 16.4 Å². The summed E-state index contributed by atoms with van der Waals surface area (Å²) in [6.45, 7) is 1.96. The van der Waals surface area contributed by atoms with Gasteiger partial charge < -0.3 is 15.1 Å². The van der Waals surface area contributed by atoms with Crippen LogP contribution >= 0.6 is 11.3 Å². The SMILES string of the molecule is C[C@H](O)c1cc([N+](=O)[O-])c(N(CCO)C2CCC2)s1. The van der Waals surface area contributed by atoms with Gasteiger partial charge in [-0.25, -0.2) is 0 Å². The molecule has 19 heavy (non-hydrogen) atoms. The molecule has 7 heteroatoms. The Morgan fingerprint density at radius 1 is 1.63 bits per heavy atom. The molecule has 1 heterocycles. The molecule has 0 saturated heterocycles. The van der Waals surface area contributed by atoms with Gasteiger partial charge in [0.2, 0.25) is 0 Å². The van der Waals surface area contributed by atoms with E-state index in [1.54, 1.807) is 6.92 Å². The third-order valence-electron chi connectivity index (χ3n) is 3.44. The second-order valence-electron chi connectivity index (χ2n) is 4.77. The van der Waals surface area contributed by atoms with Crippen LogP contribution < -0.4 is 4.90 Å². The van der Waals surface area contributed by atoms with Crippen LogP contribution in [0.2, 0.25) is 0 Å². The molecule has 2 N–H and O–H groups in total. The maximum atomic E-state index is 11.1. The van der Waals surface area contributed by atoms with Gasteiger partial charge in [0.25, 0.3) is 0 Å². The van der Waals surface area contributed by atoms with Crippen LogP contribution in [-0.2, 0) is 0 Å². The van der Waals surface area contributed by atoms with Crippen LogP contribution in [-0.4, -0.2) is 34.3 Å². The van der Waals surface area contributed by atoms with Crippen LogP contribution in [0.3, 0.4) is 0 Å². The molecular weight excluding hydrogens is 268 g/mol. The van der Waals surface area contributed by atoms with E-state index in [1.165, 1.54) is 17.4 Å². The van der Waals surface area contributed by atoms with E-state index >= 15 is 0 Å². The average Bonchev–Trinajstić information content (AvgIpc) is 2.70. The number of thiophene rings is 1. The predicted molar refractivity (Wildman–Crippen MR) is 73.7 cm³/mol. The molecule has 1 aliphatic rings. The summed E-state index contributed by atoms with van der Waals surface area (Å²) < 4.78 is 0. The monoisotopic (exact) mass is 286 g/mol. The van der Waals surface area contributed by atoms with Crippen LogP contribution in [0, 0.1) is 10.1 Å². The third kappa shape index (κ3) is 2.88. The molecule has 0 bridgehead atoms. The zero-order valence-electron chi connectivity index (χ0n) is 10.8. The molecule has 1 atom stereocenters. The third-order valence-corrected chi connectivity index (χ3v) is 4.77. The Bertz CT molecular complexity index is 457. The van der Waals surface area contributed by atoms with Crippen molar-refractivity contribution >= 4 is 22.0 Å². The van der Waals surface area contributed by atoms with Crippen molar-refractivity contribution in [3.63, 3.8) is 0 Å². The molecule has 0 spiro atoms. The standard InChI is InChI=1S/C12H18N2O4S/c1-8(16)11-7-10(14(17)18)12(19-11)13(5-6-15)9-3-2-4-9/h7-9,15-16H,2-6H2,1H3/t8-/m0/s1. The minimum absolute atomic E-state index is 0.0289. The second-order valence-corrected chi connectivity index (χ2v) is 5.84. The van der Waals surface area contributed by atoms with Crippen LogP contribution in [0.5, 0.6) is 0 Å². The van der Waals surface area contributed by atoms with Gasteiger partial charge in [-0.2, -0.15) is 0 Å². The normalized spacial score (nSPS) is 17.0. The van der Waals surface area contributed by atoms with Gasteiger partial charge in [0.1, 0.15) is 0 Å². The van der Waals surface area contributed by atoms with Crippen LogP contribution in [0.4, 0.5) is 10.7 Å². The van der Waals surface area contributed by atoms with Crippen molar-refractivity contribution in [1.29, 1.82) is 0 Å². The number of rotatable bonds is 6.